The molecule has 0 saturated carbocycles. The number of hydrogen-bond donors (Lipinski definition) is 0. The minimum Gasteiger partial charge on any atom is -0.870 e. The van der Waals surface area contributed by atoms with Crippen LogP contribution in [0.2, 0.25) is 0 Å². The van der Waals surface area contributed by atoms with Gasteiger partial charge in [-0.15, -0.1) is 0 Å². The van der Waals surface area contributed by atoms with Crippen molar-refractivity contribution in [3.8, 4) is 0 Å². The molecule has 8 heavy (non-hydrogen) atoms. The molecule has 0 aromatic heterocycles. The first-order valence-electron chi connectivity index (χ1n) is 0. The molecule has 0 bridgehead atoms. The third kappa shape index (κ3) is 260. The molecule has 0 heterocycles. The molecule has 0 rings (SSSR count). The summed E-state index contributed by atoms with van der Waals surface area (Å²) in [6.07, 6.45) is 0. The molecule has 0 aromatic rings. The Morgan fingerprint density at radius 1 is 0.375 bits per heavy atom. The summed E-state index contributed by atoms with van der Waals surface area (Å²) in [5.74, 6) is 0. The Kier molecular flexibility index (Phi) is 30200. The molecule has 0 amide bonds. The molecular weight excluding hydrogens is 152 g/mol. The van der Waals surface area contributed by atoms with Crippen molar-refractivity contribution in [2.75, 3.05) is 0 Å². The van der Waals surface area contributed by atoms with E-state index in [1.807, 2.05) is 0 Å². The van der Waals surface area contributed by atoms with Crippen molar-refractivity contribution in [1.82, 2.24) is 0 Å². The predicted molar refractivity (Wildman–Crippen MR) is 27.7 cm³/mol. The van der Waals surface area contributed by atoms with Gasteiger partial charge in [-0.3, -0.25) is 0 Å². The molecule has 0 aliphatic heterocycles. The van der Waals surface area contributed by atoms with Gasteiger partial charge >= 0.3 is 37.7 Å². The molecule has 0 spiro atoms. The van der Waals surface area contributed by atoms with E-state index < -0.39 is 0 Å². The fourth-order valence-corrected chi connectivity index (χ4v) is 0. The predicted octanol–water partition coefficient (Wildman–Crippen LogP) is -4.86. The maximum atomic E-state index is 0. The SMILES string of the molecule is O.O.O.O.O.[Ca+2].[OH-].[OH-]. The normalized spacial score (nSPS) is 0. The standard InChI is InChI=1S/Ca.7H2O/h;7*1H2/q+2;;;;;;;/p-2. The van der Waals surface area contributed by atoms with Crippen LogP contribution in [0.4, 0.5) is 0 Å². The zero-order valence-electron chi connectivity index (χ0n) is 4.10. The van der Waals surface area contributed by atoms with Crippen molar-refractivity contribution in [3.63, 3.8) is 0 Å². The monoisotopic (exact) mass is 164 g/mol. The van der Waals surface area contributed by atoms with Gasteiger partial charge in [-0.25, -0.2) is 0 Å². The van der Waals surface area contributed by atoms with Gasteiger partial charge in [-0.1, -0.05) is 0 Å². The second-order valence-electron chi connectivity index (χ2n) is 0. The van der Waals surface area contributed by atoms with Gasteiger partial charge in [0, 0.05) is 0 Å². The summed E-state index contributed by atoms with van der Waals surface area (Å²) in [6, 6.07) is 0. The van der Waals surface area contributed by atoms with Crippen molar-refractivity contribution in [3.05, 3.63) is 0 Å². The smallest absolute Gasteiger partial charge is 0.870 e. The van der Waals surface area contributed by atoms with Gasteiger partial charge in [0.15, 0.2) is 0 Å². The molecule has 0 radical (unpaired) electrons. The van der Waals surface area contributed by atoms with Crippen molar-refractivity contribution >= 4 is 37.7 Å². The van der Waals surface area contributed by atoms with E-state index in [4.69, 9.17) is 0 Å². The van der Waals surface area contributed by atoms with Gasteiger partial charge < -0.3 is 38.3 Å². The third-order valence-corrected chi connectivity index (χ3v) is 0. The maximum absolute atomic E-state index is 0. The van der Waals surface area contributed by atoms with Gasteiger partial charge in [0.1, 0.15) is 0 Å². The zero-order valence-corrected chi connectivity index (χ0v) is 6.31. The summed E-state index contributed by atoms with van der Waals surface area (Å²) < 4.78 is 0. The van der Waals surface area contributed by atoms with E-state index in [0.717, 1.165) is 0 Å². The van der Waals surface area contributed by atoms with Gasteiger partial charge in [0.2, 0.25) is 0 Å². The van der Waals surface area contributed by atoms with Gasteiger partial charge in [-0.2, -0.15) is 0 Å². The quantitative estimate of drug-likeness (QED) is 0.321. The molecule has 0 unspecified atom stereocenters. The topological polar surface area (TPSA) is 218 Å². The second kappa shape index (κ2) is 405. The molecule has 12 N–H and O–H groups in total. The molecule has 0 aliphatic carbocycles. The molecule has 7 nitrogen and oxygen atoms in total. The van der Waals surface area contributed by atoms with E-state index in [0.29, 0.717) is 0 Å². The molecule has 0 atom stereocenters. The van der Waals surface area contributed by atoms with Crippen LogP contribution in [-0.4, -0.2) is 76.1 Å². The Balaban J connectivity index is 0. The van der Waals surface area contributed by atoms with Crippen LogP contribution in [0.1, 0.15) is 0 Å². The Morgan fingerprint density at radius 3 is 0.375 bits per heavy atom. The molecule has 0 aliphatic rings. The van der Waals surface area contributed by atoms with Gasteiger partial charge in [-0.05, 0) is 0 Å². The van der Waals surface area contributed by atoms with Crippen molar-refractivity contribution in [2.24, 2.45) is 0 Å². The third-order valence-electron chi connectivity index (χ3n) is 0. The molecular formula is H12CaO7. The summed E-state index contributed by atoms with van der Waals surface area (Å²) in [7, 11) is 0. The maximum Gasteiger partial charge on any atom is 2.00 e. The Labute approximate surface area is 75.8 Å². The minimum atomic E-state index is 0. The van der Waals surface area contributed by atoms with Crippen LogP contribution in [0.25, 0.3) is 0 Å². The van der Waals surface area contributed by atoms with Crippen LogP contribution in [0.5, 0.6) is 0 Å². The molecule has 8 heteroatoms. The van der Waals surface area contributed by atoms with Crippen LogP contribution >= 0.6 is 0 Å². The van der Waals surface area contributed by atoms with Crippen molar-refractivity contribution in [2.45, 2.75) is 0 Å². The molecule has 0 saturated heterocycles. The summed E-state index contributed by atoms with van der Waals surface area (Å²) in [4.78, 5) is 0. The molecule has 0 aromatic carbocycles. The van der Waals surface area contributed by atoms with Crippen LogP contribution in [0.3, 0.4) is 0 Å². The largest absolute Gasteiger partial charge is 2.00 e. The molecule has 0 fully saturated rings. The summed E-state index contributed by atoms with van der Waals surface area (Å²) in [5.41, 5.74) is 0. The Hall–Kier alpha value is 0.980. The minimum absolute atomic E-state index is 0. The fraction of sp³-hybridized carbons (Fsp3) is 0. The second-order valence-corrected chi connectivity index (χ2v) is 0. The number of rotatable bonds is 0. The van der Waals surface area contributed by atoms with Gasteiger partial charge in [0.05, 0.1) is 0 Å². The van der Waals surface area contributed by atoms with Crippen LogP contribution in [0, 0.1) is 0 Å². The van der Waals surface area contributed by atoms with E-state index in [1.54, 1.807) is 0 Å². The summed E-state index contributed by atoms with van der Waals surface area (Å²) in [5, 5.41) is 0. The first-order chi connectivity index (χ1) is 0. The summed E-state index contributed by atoms with van der Waals surface area (Å²) in [6.45, 7) is 0. The Bertz CT molecular complexity index is 4.35. The average molecular weight is 164 g/mol. The van der Waals surface area contributed by atoms with E-state index >= 15 is 0 Å². The first-order valence-corrected chi connectivity index (χ1v) is 0. The van der Waals surface area contributed by atoms with E-state index in [1.165, 1.54) is 0 Å². The van der Waals surface area contributed by atoms with Crippen LogP contribution in [-0.2, 0) is 0 Å². The van der Waals surface area contributed by atoms with Crippen molar-refractivity contribution in [1.29, 1.82) is 0 Å². The van der Waals surface area contributed by atoms with Crippen LogP contribution in [0.15, 0.2) is 0 Å². The van der Waals surface area contributed by atoms with E-state index in [9.17, 15) is 0 Å². The van der Waals surface area contributed by atoms with E-state index in [-0.39, 0.29) is 76.1 Å². The fourth-order valence-electron chi connectivity index (χ4n) is 0. The van der Waals surface area contributed by atoms with Crippen molar-refractivity contribution < 1.29 is 38.3 Å². The zero-order chi connectivity index (χ0) is 0. The molecule has 56 valence electrons. The van der Waals surface area contributed by atoms with Crippen LogP contribution < -0.4 is 0 Å². The average Bonchev–Trinajstić information content (AvgIpc) is 0. The van der Waals surface area contributed by atoms with E-state index in [2.05, 4.69) is 0 Å². The number of hydrogen-bond acceptors (Lipinski definition) is 2. The Morgan fingerprint density at radius 2 is 0.375 bits per heavy atom. The summed E-state index contributed by atoms with van der Waals surface area (Å²) >= 11 is 0. The van der Waals surface area contributed by atoms with Gasteiger partial charge in [0.25, 0.3) is 0 Å². The first kappa shape index (κ1) is 596.